The molecule has 0 bridgehead atoms. The molecule has 0 atom stereocenters. The number of hydrogen-bond acceptors (Lipinski definition) is 4. The van der Waals surface area contributed by atoms with Crippen LogP contribution in [0.1, 0.15) is 5.56 Å². The third-order valence-electron chi connectivity index (χ3n) is 3.66. The zero-order valence-corrected chi connectivity index (χ0v) is 17.1. The van der Waals surface area contributed by atoms with Gasteiger partial charge in [-0.2, -0.15) is 0 Å². The molecule has 1 aliphatic heterocycles. The number of methoxy groups -OCH3 is 1. The lowest BCUT2D eigenvalue weighted by molar-refractivity contribution is 0.203. The number of halogens is 1. The minimum Gasteiger partial charge on any atom is -0.383 e. The highest BCUT2D eigenvalue weighted by Gasteiger charge is 2.28. The molecule has 0 aromatic heterocycles. The smallest absolute Gasteiger partial charge is 0.236 e. The van der Waals surface area contributed by atoms with Crippen molar-refractivity contribution >= 4 is 45.6 Å². The van der Waals surface area contributed by atoms with Crippen LogP contribution in [-0.2, 0) is 21.2 Å². The zero-order valence-electron chi connectivity index (χ0n) is 14.0. The Morgan fingerprint density at radius 3 is 2.71 bits per heavy atom. The van der Waals surface area contributed by atoms with E-state index in [-0.39, 0.29) is 29.7 Å². The van der Waals surface area contributed by atoms with Gasteiger partial charge in [-0.1, -0.05) is 18.2 Å². The lowest BCUT2D eigenvalue weighted by Crippen LogP contribution is -2.42. The zero-order chi connectivity index (χ0) is 16.7. The number of rotatable bonds is 7. The SMILES string of the molecule is CN=C(NCCOC)NCCS(=O)(=O)N1CCc2ccccc21.I. The minimum atomic E-state index is -3.34. The lowest BCUT2D eigenvalue weighted by Gasteiger charge is -2.20. The number of guanidine groups is 1. The van der Waals surface area contributed by atoms with Gasteiger partial charge in [0.25, 0.3) is 0 Å². The largest absolute Gasteiger partial charge is 0.383 e. The fraction of sp³-hybridized carbons (Fsp3) is 0.533. The molecule has 7 nitrogen and oxygen atoms in total. The van der Waals surface area contributed by atoms with Crippen LogP contribution in [0.15, 0.2) is 29.3 Å². The van der Waals surface area contributed by atoms with Crippen molar-refractivity contribution in [1.29, 1.82) is 0 Å². The molecule has 0 radical (unpaired) electrons. The molecule has 0 unspecified atom stereocenters. The number of nitrogens with zero attached hydrogens (tertiary/aromatic N) is 2. The third-order valence-corrected chi connectivity index (χ3v) is 5.43. The molecule has 1 heterocycles. The van der Waals surface area contributed by atoms with E-state index < -0.39 is 10.0 Å². The summed E-state index contributed by atoms with van der Waals surface area (Å²) in [5.74, 6) is 0.589. The molecule has 0 aliphatic carbocycles. The summed E-state index contributed by atoms with van der Waals surface area (Å²) in [6.07, 6.45) is 0.767. The average molecular weight is 468 g/mol. The number of hydrogen-bond donors (Lipinski definition) is 2. The van der Waals surface area contributed by atoms with Crippen molar-refractivity contribution in [2.24, 2.45) is 4.99 Å². The van der Waals surface area contributed by atoms with E-state index in [0.29, 0.717) is 32.2 Å². The van der Waals surface area contributed by atoms with Crippen LogP contribution >= 0.6 is 24.0 Å². The van der Waals surface area contributed by atoms with Gasteiger partial charge in [0.15, 0.2) is 5.96 Å². The monoisotopic (exact) mass is 468 g/mol. The van der Waals surface area contributed by atoms with E-state index in [2.05, 4.69) is 15.6 Å². The second-order valence-corrected chi connectivity index (χ2v) is 7.20. The third kappa shape index (κ3) is 5.49. The number of para-hydroxylation sites is 1. The second kappa shape index (κ2) is 10.0. The Balaban J connectivity index is 0.00000288. The molecule has 1 aromatic carbocycles. The summed E-state index contributed by atoms with van der Waals surface area (Å²) in [7, 11) is -0.0696. The summed E-state index contributed by atoms with van der Waals surface area (Å²) in [6.45, 7) is 1.99. The van der Waals surface area contributed by atoms with Gasteiger partial charge < -0.3 is 15.4 Å². The maximum atomic E-state index is 12.5. The number of aliphatic imine (C=N–C) groups is 1. The van der Waals surface area contributed by atoms with E-state index in [4.69, 9.17) is 4.74 Å². The van der Waals surface area contributed by atoms with Crippen LogP contribution in [-0.4, -0.2) is 60.5 Å². The van der Waals surface area contributed by atoms with Crippen molar-refractivity contribution in [3.05, 3.63) is 29.8 Å². The molecular weight excluding hydrogens is 443 g/mol. The predicted octanol–water partition coefficient (Wildman–Crippen LogP) is 0.808. The molecule has 0 amide bonds. The maximum absolute atomic E-state index is 12.5. The number of anilines is 1. The van der Waals surface area contributed by atoms with Crippen LogP contribution < -0.4 is 14.9 Å². The first kappa shape index (κ1) is 21.0. The normalized spacial score (nSPS) is 14.1. The van der Waals surface area contributed by atoms with Gasteiger partial charge in [-0.25, -0.2) is 8.42 Å². The van der Waals surface area contributed by atoms with Crippen molar-refractivity contribution in [2.45, 2.75) is 6.42 Å². The molecule has 24 heavy (non-hydrogen) atoms. The molecule has 2 rings (SSSR count). The Hall–Kier alpha value is -1.07. The van der Waals surface area contributed by atoms with E-state index >= 15 is 0 Å². The van der Waals surface area contributed by atoms with Crippen molar-refractivity contribution in [1.82, 2.24) is 10.6 Å². The maximum Gasteiger partial charge on any atom is 0.236 e. The average Bonchev–Trinajstić information content (AvgIpc) is 2.98. The number of sulfonamides is 1. The van der Waals surface area contributed by atoms with Gasteiger partial charge in [0.05, 0.1) is 18.0 Å². The highest BCUT2D eigenvalue weighted by Crippen LogP contribution is 2.29. The molecule has 0 spiro atoms. The first-order valence-electron chi connectivity index (χ1n) is 7.60. The molecule has 136 valence electrons. The summed E-state index contributed by atoms with van der Waals surface area (Å²) in [5, 5.41) is 6.06. The molecule has 1 aliphatic rings. The van der Waals surface area contributed by atoms with Crippen molar-refractivity contribution in [3.8, 4) is 0 Å². The first-order valence-corrected chi connectivity index (χ1v) is 9.21. The van der Waals surface area contributed by atoms with Gasteiger partial charge in [-0.3, -0.25) is 9.30 Å². The summed E-state index contributed by atoms with van der Waals surface area (Å²) in [6, 6.07) is 7.64. The van der Waals surface area contributed by atoms with Crippen molar-refractivity contribution in [3.63, 3.8) is 0 Å². The van der Waals surface area contributed by atoms with Crippen LogP contribution in [0.3, 0.4) is 0 Å². The molecule has 0 saturated carbocycles. The van der Waals surface area contributed by atoms with E-state index in [1.54, 1.807) is 14.2 Å². The van der Waals surface area contributed by atoms with E-state index in [9.17, 15) is 8.42 Å². The van der Waals surface area contributed by atoms with Gasteiger partial charge in [-0.05, 0) is 18.1 Å². The number of fused-ring (bicyclic) bond motifs is 1. The summed E-state index contributed by atoms with van der Waals surface area (Å²) < 4.78 is 31.5. The Kier molecular flexibility index (Phi) is 8.78. The van der Waals surface area contributed by atoms with Gasteiger partial charge in [0.1, 0.15) is 0 Å². The van der Waals surface area contributed by atoms with Gasteiger partial charge in [-0.15, -0.1) is 24.0 Å². The van der Waals surface area contributed by atoms with Gasteiger partial charge in [0.2, 0.25) is 10.0 Å². The fourth-order valence-electron chi connectivity index (χ4n) is 2.50. The highest BCUT2D eigenvalue weighted by atomic mass is 127. The quantitative estimate of drug-likeness (QED) is 0.268. The van der Waals surface area contributed by atoms with E-state index in [1.807, 2.05) is 24.3 Å². The molecule has 1 aromatic rings. The molecule has 2 N–H and O–H groups in total. The standard InChI is InChI=1S/C15H24N4O3S.HI/c1-16-15(17-8-11-22-2)18-9-12-23(20,21)19-10-7-13-5-3-4-6-14(13)19;/h3-6H,7-12H2,1-2H3,(H2,16,17,18);1H. The number of nitrogens with one attached hydrogen (secondary N) is 2. The summed E-state index contributed by atoms with van der Waals surface area (Å²) in [5.41, 5.74) is 1.89. The highest BCUT2D eigenvalue weighted by molar-refractivity contribution is 14.0. The Labute approximate surface area is 160 Å². The Morgan fingerprint density at radius 2 is 2.00 bits per heavy atom. The Morgan fingerprint density at radius 1 is 1.29 bits per heavy atom. The van der Waals surface area contributed by atoms with Crippen molar-refractivity contribution in [2.75, 3.05) is 50.5 Å². The predicted molar refractivity (Wildman–Crippen MR) is 108 cm³/mol. The molecular formula is C15H25IN4O3S. The summed E-state index contributed by atoms with van der Waals surface area (Å²) in [4.78, 5) is 4.04. The number of ether oxygens (including phenoxy) is 1. The van der Waals surface area contributed by atoms with E-state index in [1.165, 1.54) is 4.31 Å². The van der Waals surface area contributed by atoms with Crippen LogP contribution in [0.25, 0.3) is 0 Å². The van der Waals surface area contributed by atoms with Crippen molar-refractivity contribution < 1.29 is 13.2 Å². The number of benzene rings is 1. The first-order chi connectivity index (χ1) is 11.1. The minimum absolute atomic E-state index is 0. The summed E-state index contributed by atoms with van der Waals surface area (Å²) >= 11 is 0. The topological polar surface area (TPSA) is 83.0 Å². The molecule has 0 saturated heterocycles. The lowest BCUT2D eigenvalue weighted by atomic mass is 10.2. The van der Waals surface area contributed by atoms with Crippen LogP contribution in [0.4, 0.5) is 5.69 Å². The van der Waals surface area contributed by atoms with Gasteiger partial charge in [0, 0.05) is 33.8 Å². The van der Waals surface area contributed by atoms with Crippen LogP contribution in [0, 0.1) is 0 Å². The van der Waals surface area contributed by atoms with Crippen LogP contribution in [0.5, 0.6) is 0 Å². The fourth-order valence-corrected chi connectivity index (χ4v) is 3.93. The molecule has 0 fully saturated rings. The van der Waals surface area contributed by atoms with E-state index in [0.717, 1.165) is 17.7 Å². The van der Waals surface area contributed by atoms with Crippen LogP contribution in [0.2, 0.25) is 0 Å². The second-order valence-electron chi connectivity index (χ2n) is 5.19. The Bertz CT molecular complexity index is 652. The molecule has 9 heteroatoms. The van der Waals surface area contributed by atoms with Gasteiger partial charge >= 0.3 is 0 Å².